The van der Waals surface area contributed by atoms with E-state index >= 15 is 0 Å². The third-order valence-electron chi connectivity index (χ3n) is 4.67. The number of carbonyl (C=O) groups is 1. The Morgan fingerprint density at radius 1 is 1.40 bits per heavy atom. The average molecular weight is 344 g/mol. The van der Waals surface area contributed by atoms with E-state index in [1.807, 2.05) is 29.2 Å². The molecule has 1 atom stereocenters. The Morgan fingerprint density at radius 3 is 2.84 bits per heavy atom. The van der Waals surface area contributed by atoms with E-state index in [2.05, 4.69) is 4.98 Å². The number of nitrogens with zero attached hydrogens (tertiary/aromatic N) is 2. The summed E-state index contributed by atoms with van der Waals surface area (Å²) in [5, 5.41) is 9.04. The molecule has 6 nitrogen and oxygen atoms in total. The van der Waals surface area contributed by atoms with Crippen LogP contribution < -0.4 is 4.74 Å². The number of ether oxygens (including phenoxy) is 1. The molecule has 0 bridgehead atoms. The highest BCUT2D eigenvalue weighted by Crippen LogP contribution is 2.27. The van der Waals surface area contributed by atoms with Gasteiger partial charge in [0.05, 0.1) is 7.11 Å². The summed E-state index contributed by atoms with van der Waals surface area (Å²) in [6, 6.07) is 7.57. The van der Waals surface area contributed by atoms with E-state index < -0.39 is 0 Å². The summed E-state index contributed by atoms with van der Waals surface area (Å²) in [7, 11) is 1.62. The predicted octanol–water partition coefficient (Wildman–Crippen LogP) is 3.04. The zero-order chi connectivity index (χ0) is 17.8. The highest BCUT2D eigenvalue weighted by atomic mass is 16.5. The molecule has 134 valence electrons. The quantitative estimate of drug-likeness (QED) is 0.872. The lowest BCUT2D eigenvalue weighted by Crippen LogP contribution is -2.36. The Bertz CT molecular complexity index is 724. The van der Waals surface area contributed by atoms with Crippen LogP contribution in [0.25, 0.3) is 11.5 Å². The molecule has 0 saturated carbocycles. The van der Waals surface area contributed by atoms with Gasteiger partial charge in [0.1, 0.15) is 11.5 Å². The number of rotatable bonds is 6. The maximum Gasteiger partial charge on any atom is 0.276 e. The van der Waals surface area contributed by atoms with Gasteiger partial charge in [-0.1, -0.05) is 0 Å². The molecule has 1 N–H and O–H groups in total. The second-order valence-electron chi connectivity index (χ2n) is 6.31. The standard InChI is InChI=1S/C19H24N2O4/c1-13-17(19(23)21-11-3-5-15(21)6-4-12-22)20-18(25-13)14-7-9-16(24-2)10-8-14/h7-10,15,22H,3-6,11-12H2,1-2H3. The highest BCUT2D eigenvalue weighted by molar-refractivity contribution is 5.94. The number of aromatic nitrogens is 1. The van der Waals surface area contributed by atoms with Gasteiger partial charge in [0.25, 0.3) is 5.91 Å². The minimum absolute atomic E-state index is 0.0820. The zero-order valence-corrected chi connectivity index (χ0v) is 14.7. The SMILES string of the molecule is COc1ccc(-c2nc(C(=O)N3CCCC3CCCO)c(C)o2)cc1. The van der Waals surface area contributed by atoms with Crippen LogP contribution in [-0.2, 0) is 0 Å². The first kappa shape index (κ1) is 17.5. The number of carbonyl (C=O) groups excluding carboxylic acids is 1. The van der Waals surface area contributed by atoms with Gasteiger partial charge in [-0.05, 0) is 56.9 Å². The van der Waals surface area contributed by atoms with E-state index in [4.69, 9.17) is 14.3 Å². The van der Waals surface area contributed by atoms with Gasteiger partial charge >= 0.3 is 0 Å². The van der Waals surface area contributed by atoms with Crippen molar-refractivity contribution >= 4 is 5.91 Å². The smallest absolute Gasteiger partial charge is 0.276 e. The van der Waals surface area contributed by atoms with Gasteiger partial charge in [0.2, 0.25) is 5.89 Å². The molecule has 1 aliphatic heterocycles. The lowest BCUT2D eigenvalue weighted by atomic mass is 10.1. The fourth-order valence-electron chi connectivity index (χ4n) is 3.32. The van der Waals surface area contributed by atoms with Gasteiger partial charge in [0, 0.05) is 24.8 Å². The minimum atomic E-state index is -0.0820. The molecule has 25 heavy (non-hydrogen) atoms. The monoisotopic (exact) mass is 344 g/mol. The lowest BCUT2D eigenvalue weighted by Gasteiger charge is -2.23. The van der Waals surface area contributed by atoms with E-state index in [1.54, 1.807) is 14.0 Å². The fraction of sp³-hybridized carbons (Fsp3) is 0.474. The van der Waals surface area contributed by atoms with Crippen molar-refractivity contribution in [1.82, 2.24) is 9.88 Å². The largest absolute Gasteiger partial charge is 0.497 e. The minimum Gasteiger partial charge on any atom is -0.497 e. The predicted molar refractivity (Wildman–Crippen MR) is 93.6 cm³/mol. The van der Waals surface area contributed by atoms with Crippen LogP contribution in [0.2, 0.25) is 0 Å². The van der Waals surface area contributed by atoms with Crippen LogP contribution in [-0.4, -0.2) is 47.2 Å². The van der Waals surface area contributed by atoms with E-state index in [0.29, 0.717) is 23.8 Å². The molecular formula is C19H24N2O4. The van der Waals surface area contributed by atoms with Crippen LogP contribution in [0.5, 0.6) is 5.75 Å². The fourth-order valence-corrected chi connectivity index (χ4v) is 3.32. The molecule has 1 unspecified atom stereocenters. The summed E-state index contributed by atoms with van der Waals surface area (Å²) < 4.78 is 10.9. The molecule has 6 heteroatoms. The van der Waals surface area contributed by atoms with Crippen molar-refractivity contribution in [3.8, 4) is 17.2 Å². The van der Waals surface area contributed by atoms with Crippen molar-refractivity contribution in [2.75, 3.05) is 20.3 Å². The van der Waals surface area contributed by atoms with E-state index in [0.717, 1.165) is 37.1 Å². The van der Waals surface area contributed by atoms with Crippen LogP contribution in [0.1, 0.15) is 41.9 Å². The van der Waals surface area contributed by atoms with Gasteiger partial charge in [-0.15, -0.1) is 0 Å². The third-order valence-corrected chi connectivity index (χ3v) is 4.67. The molecule has 0 aliphatic carbocycles. The second kappa shape index (κ2) is 7.70. The normalized spacial score (nSPS) is 17.1. The van der Waals surface area contributed by atoms with Crippen LogP contribution in [0.4, 0.5) is 0 Å². The summed E-state index contributed by atoms with van der Waals surface area (Å²) in [5.41, 5.74) is 1.18. The molecule has 1 aliphatic rings. The Labute approximate surface area is 147 Å². The van der Waals surface area contributed by atoms with Crippen molar-refractivity contribution in [2.45, 2.75) is 38.6 Å². The first-order chi connectivity index (χ1) is 12.1. The van der Waals surface area contributed by atoms with Gasteiger partial charge < -0.3 is 19.2 Å². The summed E-state index contributed by atoms with van der Waals surface area (Å²) >= 11 is 0. The number of amides is 1. The first-order valence-corrected chi connectivity index (χ1v) is 8.67. The van der Waals surface area contributed by atoms with Crippen molar-refractivity contribution in [3.05, 3.63) is 35.7 Å². The topological polar surface area (TPSA) is 75.8 Å². The van der Waals surface area contributed by atoms with E-state index in [1.165, 1.54) is 0 Å². The molecule has 3 rings (SSSR count). The molecule has 1 fully saturated rings. The number of aliphatic hydroxyl groups is 1. The Hall–Kier alpha value is -2.34. The van der Waals surface area contributed by atoms with Gasteiger partial charge in [-0.3, -0.25) is 4.79 Å². The molecule has 2 aromatic rings. The number of hydrogen-bond acceptors (Lipinski definition) is 5. The van der Waals surface area contributed by atoms with Crippen LogP contribution in [0.15, 0.2) is 28.7 Å². The van der Waals surface area contributed by atoms with Gasteiger partial charge in [-0.25, -0.2) is 4.98 Å². The van der Waals surface area contributed by atoms with Crippen molar-refractivity contribution < 1.29 is 19.1 Å². The highest BCUT2D eigenvalue weighted by Gasteiger charge is 2.32. The Balaban J connectivity index is 1.80. The maximum absolute atomic E-state index is 12.9. The first-order valence-electron chi connectivity index (χ1n) is 8.67. The number of likely N-dealkylation sites (tertiary alicyclic amines) is 1. The van der Waals surface area contributed by atoms with Crippen LogP contribution in [0, 0.1) is 6.92 Å². The van der Waals surface area contributed by atoms with E-state index in [9.17, 15) is 4.79 Å². The van der Waals surface area contributed by atoms with Crippen molar-refractivity contribution in [2.24, 2.45) is 0 Å². The van der Waals surface area contributed by atoms with Crippen LogP contribution >= 0.6 is 0 Å². The Kier molecular flexibility index (Phi) is 5.38. The summed E-state index contributed by atoms with van der Waals surface area (Å²) in [5.74, 6) is 1.65. The average Bonchev–Trinajstić information content (AvgIpc) is 3.26. The number of aryl methyl sites for hydroxylation is 1. The number of aliphatic hydroxyl groups excluding tert-OH is 1. The van der Waals surface area contributed by atoms with Gasteiger partial charge in [-0.2, -0.15) is 0 Å². The molecule has 1 aromatic heterocycles. The number of methoxy groups -OCH3 is 1. The molecule has 0 radical (unpaired) electrons. The number of hydrogen-bond donors (Lipinski definition) is 1. The van der Waals surface area contributed by atoms with Gasteiger partial charge in [0.15, 0.2) is 5.69 Å². The molecule has 0 spiro atoms. The maximum atomic E-state index is 12.9. The van der Waals surface area contributed by atoms with Crippen molar-refractivity contribution in [3.63, 3.8) is 0 Å². The molecule has 2 heterocycles. The molecule has 1 aromatic carbocycles. The second-order valence-corrected chi connectivity index (χ2v) is 6.31. The number of benzene rings is 1. The molecule has 1 saturated heterocycles. The number of oxazole rings is 1. The third kappa shape index (κ3) is 3.69. The lowest BCUT2D eigenvalue weighted by molar-refractivity contribution is 0.0717. The van der Waals surface area contributed by atoms with E-state index in [-0.39, 0.29) is 18.6 Å². The zero-order valence-electron chi connectivity index (χ0n) is 14.7. The Morgan fingerprint density at radius 2 is 2.16 bits per heavy atom. The molecule has 1 amide bonds. The summed E-state index contributed by atoms with van der Waals surface area (Å²) in [6.07, 6.45) is 3.51. The summed E-state index contributed by atoms with van der Waals surface area (Å²) in [4.78, 5) is 19.2. The van der Waals surface area contributed by atoms with Crippen LogP contribution in [0.3, 0.4) is 0 Å². The van der Waals surface area contributed by atoms with Crippen molar-refractivity contribution in [1.29, 1.82) is 0 Å². The summed E-state index contributed by atoms with van der Waals surface area (Å²) in [6.45, 7) is 2.66. The molecular weight excluding hydrogens is 320 g/mol.